The molecule has 2 aromatic rings. The first-order valence-electron chi connectivity index (χ1n) is 16.6. The minimum atomic E-state index is -0.890. The highest BCUT2D eigenvalue weighted by atomic mass is 16.7. The molecule has 6 atom stereocenters. The molecule has 11 nitrogen and oxygen atoms in total. The number of hydroxylamine groups is 1. The molecule has 1 unspecified atom stereocenters. The lowest BCUT2D eigenvalue weighted by atomic mass is 9.43. The van der Waals surface area contributed by atoms with Gasteiger partial charge in [0.2, 0.25) is 5.91 Å². The summed E-state index contributed by atoms with van der Waals surface area (Å²) in [6.45, 7) is 13.1. The summed E-state index contributed by atoms with van der Waals surface area (Å²) in [6.07, 6.45) is 2.21. The molecule has 0 spiro atoms. The molecule has 3 aliphatic carbocycles. The maximum atomic E-state index is 14.0. The van der Waals surface area contributed by atoms with Crippen molar-refractivity contribution in [2.45, 2.75) is 90.9 Å². The van der Waals surface area contributed by atoms with E-state index in [-0.39, 0.29) is 40.9 Å². The van der Waals surface area contributed by atoms with Gasteiger partial charge in [0.15, 0.2) is 0 Å². The average Bonchev–Trinajstić information content (AvgIpc) is 3.40. The van der Waals surface area contributed by atoms with Crippen molar-refractivity contribution >= 4 is 30.9 Å². The van der Waals surface area contributed by atoms with E-state index in [1.807, 2.05) is 30.3 Å². The molecule has 1 aliphatic heterocycles. The second-order valence-electron chi connectivity index (χ2n) is 14.2. The number of hydrogen-bond donors (Lipinski definition) is 4. The van der Waals surface area contributed by atoms with E-state index in [9.17, 15) is 19.2 Å². The Morgan fingerprint density at radius 2 is 1.60 bits per heavy atom. The van der Waals surface area contributed by atoms with Gasteiger partial charge in [0.1, 0.15) is 6.04 Å². The van der Waals surface area contributed by atoms with Crippen LogP contribution >= 0.6 is 0 Å². The zero-order chi connectivity index (χ0) is 33.9. The van der Waals surface area contributed by atoms with E-state index in [0.29, 0.717) is 24.8 Å². The number of rotatable bonds is 11. The number of carbonyl (C=O) groups excluding carboxylic acids is 4. The fourth-order valence-corrected chi connectivity index (χ4v) is 7.51. The Morgan fingerprint density at radius 1 is 0.936 bits per heavy atom. The Kier molecular flexibility index (Phi) is 10.3. The molecule has 4 fully saturated rings. The van der Waals surface area contributed by atoms with Crippen LogP contribution in [0.15, 0.2) is 54.6 Å². The van der Waals surface area contributed by atoms with Crippen LogP contribution < -0.4 is 21.4 Å². The number of benzene rings is 2. The maximum absolute atomic E-state index is 14.0. The zero-order valence-electron chi connectivity index (χ0n) is 28.1. The summed E-state index contributed by atoms with van der Waals surface area (Å²) in [4.78, 5) is 55.9. The van der Waals surface area contributed by atoms with Crippen molar-refractivity contribution in [1.29, 1.82) is 0 Å². The van der Waals surface area contributed by atoms with Gasteiger partial charge >= 0.3 is 13.2 Å². The van der Waals surface area contributed by atoms with Gasteiger partial charge in [-0.2, -0.15) is 5.48 Å². The first kappa shape index (κ1) is 34.4. The SMILES string of the molecule is CCNC(=O)ONC(=O)c1ccc(C(=O)N[C@@H](Cc2ccccc2)C(=O)N[C@@H](CC(C)C)B2OC3C[C@H]4C[C@H](C4(C)C)[C@@]3(C)O2)cc1. The molecule has 1 saturated heterocycles. The zero-order valence-corrected chi connectivity index (χ0v) is 28.1. The van der Waals surface area contributed by atoms with Crippen LogP contribution in [0.25, 0.3) is 0 Å². The number of hydrogen-bond acceptors (Lipinski definition) is 7. The molecular formula is C35H47BN4O7. The van der Waals surface area contributed by atoms with Gasteiger partial charge in [-0.3, -0.25) is 14.4 Å². The monoisotopic (exact) mass is 646 g/mol. The highest BCUT2D eigenvalue weighted by Gasteiger charge is 2.68. The minimum absolute atomic E-state index is 0.0132. The van der Waals surface area contributed by atoms with Crippen LogP contribution in [0.1, 0.15) is 87.1 Å². The van der Waals surface area contributed by atoms with Crippen LogP contribution in [0.2, 0.25) is 0 Å². The van der Waals surface area contributed by atoms with Gasteiger partial charge in [0.25, 0.3) is 11.8 Å². The van der Waals surface area contributed by atoms with Crippen molar-refractivity contribution in [2.75, 3.05) is 6.54 Å². The Hall–Kier alpha value is -3.90. The van der Waals surface area contributed by atoms with Gasteiger partial charge < -0.3 is 30.1 Å². The van der Waals surface area contributed by atoms with Gasteiger partial charge in [-0.05, 0) is 86.1 Å². The predicted octanol–water partition coefficient (Wildman–Crippen LogP) is 4.22. The highest BCUT2D eigenvalue weighted by molar-refractivity contribution is 6.48. The van der Waals surface area contributed by atoms with Gasteiger partial charge in [-0.15, -0.1) is 0 Å². The number of amides is 4. The Morgan fingerprint density at radius 3 is 2.21 bits per heavy atom. The van der Waals surface area contributed by atoms with E-state index in [4.69, 9.17) is 9.31 Å². The van der Waals surface area contributed by atoms with Crippen molar-refractivity contribution < 1.29 is 33.3 Å². The normalized spacial score (nSPS) is 25.1. The first-order chi connectivity index (χ1) is 22.3. The molecule has 0 aromatic heterocycles. The fourth-order valence-electron chi connectivity index (χ4n) is 7.51. The summed E-state index contributed by atoms with van der Waals surface area (Å²) in [5.74, 6) is -0.580. The topological polar surface area (TPSA) is 144 Å². The Bertz CT molecular complexity index is 1450. The van der Waals surface area contributed by atoms with E-state index in [0.717, 1.165) is 18.4 Å². The highest BCUT2D eigenvalue weighted by Crippen LogP contribution is 2.65. The van der Waals surface area contributed by atoms with E-state index >= 15 is 0 Å². The predicted molar refractivity (Wildman–Crippen MR) is 177 cm³/mol. The number of nitrogens with one attached hydrogen (secondary N) is 4. The quantitative estimate of drug-likeness (QED) is 0.212. The smallest absolute Gasteiger partial charge is 0.404 e. The third-order valence-electron chi connectivity index (χ3n) is 10.2. The van der Waals surface area contributed by atoms with Gasteiger partial charge in [0.05, 0.1) is 17.6 Å². The standard InChI is InChI=1S/C35H47BN4O7/c1-7-37-33(44)46-40-31(42)24-15-13-23(14-16-24)30(41)38-26(18-22-11-9-8-10-12-22)32(43)39-29(17-21(2)3)36-45-28-20-25-19-27(34(25,4)5)35(28,6)47-36/h8-16,21,25-29H,7,17-20H2,1-6H3,(H,37,44)(H,38,41)(H,39,43)(H,40,42)/t25-,26+,27-,28?,29+,35-/m1/s1. The lowest BCUT2D eigenvalue weighted by molar-refractivity contribution is -0.199. The first-order valence-corrected chi connectivity index (χ1v) is 16.6. The minimum Gasteiger partial charge on any atom is -0.404 e. The molecule has 4 aliphatic rings. The van der Waals surface area contributed by atoms with Gasteiger partial charge in [0, 0.05) is 24.1 Å². The van der Waals surface area contributed by atoms with Crippen molar-refractivity contribution in [3.05, 3.63) is 71.3 Å². The van der Waals surface area contributed by atoms with Gasteiger partial charge in [-0.25, -0.2) is 4.79 Å². The van der Waals surface area contributed by atoms with Crippen LogP contribution in [0, 0.1) is 23.2 Å². The van der Waals surface area contributed by atoms with Crippen LogP contribution in [-0.2, 0) is 25.4 Å². The Balaban J connectivity index is 1.28. The summed E-state index contributed by atoms with van der Waals surface area (Å²) >= 11 is 0. The second kappa shape index (κ2) is 14.1. The lowest BCUT2D eigenvalue weighted by Crippen LogP contribution is -2.65. The lowest BCUT2D eigenvalue weighted by Gasteiger charge is -2.64. The molecule has 1 heterocycles. The fraction of sp³-hybridized carbons (Fsp3) is 0.543. The largest absolute Gasteiger partial charge is 0.481 e. The van der Waals surface area contributed by atoms with Crippen molar-refractivity contribution in [2.24, 2.45) is 23.2 Å². The van der Waals surface area contributed by atoms with Crippen LogP contribution in [-0.4, -0.2) is 61.2 Å². The molecule has 6 rings (SSSR count). The molecule has 12 heteroatoms. The van der Waals surface area contributed by atoms with Crippen molar-refractivity contribution in [3.63, 3.8) is 0 Å². The third kappa shape index (κ3) is 7.49. The molecule has 4 N–H and O–H groups in total. The Labute approximate surface area is 277 Å². The molecule has 2 bridgehead atoms. The summed E-state index contributed by atoms with van der Waals surface area (Å²) in [6, 6.07) is 14.5. The molecular weight excluding hydrogens is 599 g/mol. The summed E-state index contributed by atoms with van der Waals surface area (Å²) in [5.41, 5.74) is 3.20. The third-order valence-corrected chi connectivity index (χ3v) is 10.2. The molecule has 2 aromatic carbocycles. The van der Waals surface area contributed by atoms with Crippen LogP contribution in [0.4, 0.5) is 4.79 Å². The van der Waals surface area contributed by atoms with Crippen LogP contribution in [0.5, 0.6) is 0 Å². The molecule has 47 heavy (non-hydrogen) atoms. The molecule has 252 valence electrons. The van der Waals surface area contributed by atoms with Crippen LogP contribution in [0.3, 0.4) is 0 Å². The van der Waals surface area contributed by atoms with E-state index in [1.54, 1.807) is 6.92 Å². The maximum Gasteiger partial charge on any atom is 0.481 e. The second-order valence-corrected chi connectivity index (χ2v) is 14.2. The summed E-state index contributed by atoms with van der Waals surface area (Å²) in [5, 5.41) is 8.50. The van der Waals surface area contributed by atoms with E-state index < -0.39 is 42.6 Å². The number of carbonyl (C=O) groups is 4. The van der Waals surface area contributed by atoms with Crippen molar-refractivity contribution in [1.82, 2.24) is 21.4 Å². The molecule has 0 radical (unpaired) electrons. The van der Waals surface area contributed by atoms with Gasteiger partial charge in [-0.1, -0.05) is 58.0 Å². The summed E-state index contributed by atoms with van der Waals surface area (Å²) in [7, 11) is -0.588. The summed E-state index contributed by atoms with van der Waals surface area (Å²) < 4.78 is 13.3. The van der Waals surface area contributed by atoms with Crippen molar-refractivity contribution in [3.8, 4) is 0 Å². The van der Waals surface area contributed by atoms with E-state index in [2.05, 4.69) is 60.9 Å². The molecule has 3 saturated carbocycles. The van der Waals surface area contributed by atoms with E-state index in [1.165, 1.54) is 24.3 Å². The molecule has 4 amide bonds. The average molecular weight is 647 g/mol.